The molecule has 0 aliphatic heterocycles. The van der Waals surface area contributed by atoms with Gasteiger partial charge in [-0.05, 0) is 6.92 Å². The average Bonchev–Trinajstić information content (AvgIpc) is 0.918. The number of hydrogen-bond donors (Lipinski definition) is 1. The van der Waals surface area contributed by atoms with Gasteiger partial charge in [0.2, 0.25) is 0 Å². The van der Waals surface area contributed by atoms with Crippen LogP contribution in [0.15, 0.2) is 0 Å². The second-order valence-electron chi connectivity index (χ2n) is 0.316. The number of rotatable bonds is 0. The summed E-state index contributed by atoms with van der Waals surface area (Å²) in [6, 6.07) is 0. The quantitative estimate of drug-likeness (QED) is 0.459. The predicted molar refractivity (Wildman–Crippen MR) is 12.8 cm³/mol. The first-order chi connectivity index (χ1) is 1.41. The minimum Gasteiger partial charge on any atom is -0.397 e. The van der Waals surface area contributed by atoms with Gasteiger partial charge >= 0.3 is 0 Å². The molecule has 0 aliphatic rings. The number of aliphatic hydroxyl groups excluding tert-OH is 1. The van der Waals surface area contributed by atoms with Gasteiger partial charge < -0.3 is 5.11 Å². The summed E-state index contributed by atoms with van der Waals surface area (Å²) >= 11 is 0. The van der Waals surface area contributed by atoms with Crippen LogP contribution in [0.5, 0.6) is 0 Å². The van der Waals surface area contributed by atoms with E-state index < -0.39 is 0 Å². The molecule has 29 valence electrons. The third-order valence-electron chi connectivity index (χ3n) is 0. The van der Waals surface area contributed by atoms with Gasteiger partial charge in [-0.3, -0.25) is 0 Å². The molecular formula is C2H6CoO. The molecule has 0 spiro atoms. The molecule has 0 heterocycles. The Labute approximate surface area is 36.2 Å². The Morgan fingerprint density at radius 3 is 1.75 bits per heavy atom. The van der Waals surface area contributed by atoms with Gasteiger partial charge in [0.25, 0.3) is 0 Å². The van der Waals surface area contributed by atoms with Crippen LogP contribution < -0.4 is 0 Å². The maximum absolute atomic E-state index is 7.57. The predicted octanol–water partition coefficient (Wildman–Crippen LogP) is -0.00390. The van der Waals surface area contributed by atoms with Gasteiger partial charge in [-0.15, -0.1) is 0 Å². The van der Waals surface area contributed by atoms with E-state index in [-0.39, 0.29) is 23.4 Å². The van der Waals surface area contributed by atoms with Crippen molar-refractivity contribution in [1.82, 2.24) is 0 Å². The Balaban J connectivity index is 0. The zero-order valence-corrected chi connectivity index (χ0v) is 3.53. The standard InChI is InChI=1S/C2H6O.Co/c1-2-3;/h3H,2H2,1H3;. The molecule has 0 aromatic carbocycles. The maximum Gasteiger partial charge on any atom is 0.0402 e. The van der Waals surface area contributed by atoms with E-state index in [4.69, 9.17) is 5.11 Å². The fraction of sp³-hybridized carbons (Fsp3) is 1.00. The van der Waals surface area contributed by atoms with Gasteiger partial charge in [0.1, 0.15) is 0 Å². The van der Waals surface area contributed by atoms with Crippen molar-refractivity contribution in [2.75, 3.05) is 6.61 Å². The van der Waals surface area contributed by atoms with Crippen LogP contribution >= 0.6 is 0 Å². The summed E-state index contributed by atoms with van der Waals surface area (Å²) in [6.45, 7) is 1.93. The molecule has 0 aliphatic carbocycles. The molecule has 1 N–H and O–H groups in total. The normalized spacial score (nSPS) is 4.50. The van der Waals surface area contributed by atoms with Crippen molar-refractivity contribution < 1.29 is 21.9 Å². The van der Waals surface area contributed by atoms with Crippen LogP contribution in [0.25, 0.3) is 0 Å². The van der Waals surface area contributed by atoms with E-state index in [0.717, 1.165) is 0 Å². The van der Waals surface area contributed by atoms with E-state index in [1.165, 1.54) is 0 Å². The summed E-state index contributed by atoms with van der Waals surface area (Å²) in [5, 5.41) is 7.57. The summed E-state index contributed by atoms with van der Waals surface area (Å²) in [7, 11) is 0. The van der Waals surface area contributed by atoms with Gasteiger partial charge in [0.05, 0.1) is 0 Å². The Morgan fingerprint density at radius 2 is 1.75 bits per heavy atom. The molecule has 4 heavy (non-hydrogen) atoms. The molecule has 0 rings (SSSR count). The van der Waals surface area contributed by atoms with Crippen molar-refractivity contribution in [2.24, 2.45) is 0 Å². The molecule has 0 amide bonds. The molecule has 0 saturated carbocycles. The van der Waals surface area contributed by atoms with Crippen molar-refractivity contribution in [3.63, 3.8) is 0 Å². The first-order valence-electron chi connectivity index (χ1n) is 1.02. The average molecular weight is 105 g/mol. The summed E-state index contributed by atoms with van der Waals surface area (Å²) < 4.78 is 0. The van der Waals surface area contributed by atoms with E-state index >= 15 is 0 Å². The van der Waals surface area contributed by atoms with Crippen LogP contribution in [0.2, 0.25) is 0 Å². The van der Waals surface area contributed by atoms with E-state index in [1.54, 1.807) is 6.92 Å². The topological polar surface area (TPSA) is 20.2 Å². The summed E-state index contributed by atoms with van der Waals surface area (Å²) in [4.78, 5) is 0. The van der Waals surface area contributed by atoms with Crippen molar-refractivity contribution in [3.8, 4) is 0 Å². The van der Waals surface area contributed by atoms with Crippen molar-refractivity contribution in [3.05, 3.63) is 0 Å². The molecule has 2 heteroatoms. The van der Waals surface area contributed by atoms with Crippen LogP contribution in [-0.4, -0.2) is 11.7 Å². The fourth-order valence-electron chi connectivity index (χ4n) is 0. The molecule has 0 atom stereocenters. The van der Waals surface area contributed by atoms with E-state index in [9.17, 15) is 0 Å². The van der Waals surface area contributed by atoms with Gasteiger partial charge in [-0.1, -0.05) is 0 Å². The Hall–Kier alpha value is 0.466. The molecule has 0 fully saturated rings. The van der Waals surface area contributed by atoms with Crippen LogP contribution in [0.1, 0.15) is 6.92 Å². The molecule has 0 saturated heterocycles. The zero-order chi connectivity index (χ0) is 2.71. The molecule has 0 aromatic rings. The summed E-state index contributed by atoms with van der Waals surface area (Å²) in [6.07, 6.45) is 0. The van der Waals surface area contributed by atoms with Crippen LogP contribution in [-0.2, 0) is 16.8 Å². The SMILES string of the molecule is CCO.[Co]. The van der Waals surface area contributed by atoms with E-state index in [2.05, 4.69) is 0 Å². The number of hydrogen-bond acceptors (Lipinski definition) is 1. The second-order valence-corrected chi connectivity index (χ2v) is 0.316. The zero-order valence-electron chi connectivity index (χ0n) is 2.49. The largest absolute Gasteiger partial charge is 0.397 e. The molecule has 1 nitrogen and oxygen atoms in total. The van der Waals surface area contributed by atoms with Crippen molar-refractivity contribution in [2.45, 2.75) is 6.92 Å². The Kier molecular flexibility index (Phi) is 21.6. The monoisotopic (exact) mass is 105 g/mol. The molecule has 1 radical (unpaired) electrons. The molecular weight excluding hydrogens is 99.0 g/mol. The third kappa shape index (κ3) is 24.4. The summed E-state index contributed by atoms with van der Waals surface area (Å²) in [5.74, 6) is 0. The van der Waals surface area contributed by atoms with Crippen LogP contribution in [0, 0.1) is 0 Å². The van der Waals surface area contributed by atoms with Gasteiger partial charge in [0, 0.05) is 23.4 Å². The van der Waals surface area contributed by atoms with Gasteiger partial charge in [-0.2, -0.15) is 0 Å². The minimum atomic E-state index is 0. The van der Waals surface area contributed by atoms with E-state index in [1.807, 2.05) is 0 Å². The first kappa shape index (κ1) is 8.82. The molecule has 0 aromatic heterocycles. The maximum atomic E-state index is 7.57. The van der Waals surface area contributed by atoms with E-state index in [0.29, 0.717) is 0 Å². The number of aliphatic hydroxyl groups is 1. The molecule has 0 unspecified atom stereocenters. The summed E-state index contributed by atoms with van der Waals surface area (Å²) in [5.41, 5.74) is 0. The van der Waals surface area contributed by atoms with Crippen LogP contribution in [0.3, 0.4) is 0 Å². The fourth-order valence-corrected chi connectivity index (χ4v) is 0. The Morgan fingerprint density at radius 1 is 1.75 bits per heavy atom. The second kappa shape index (κ2) is 9.81. The Bertz CT molecular complexity index is 6.00. The molecule has 0 bridgehead atoms. The van der Waals surface area contributed by atoms with Gasteiger partial charge in [0.15, 0.2) is 0 Å². The van der Waals surface area contributed by atoms with Crippen LogP contribution in [0.4, 0.5) is 0 Å². The smallest absolute Gasteiger partial charge is 0.0402 e. The van der Waals surface area contributed by atoms with Gasteiger partial charge in [-0.25, -0.2) is 0 Å². The van der Waals surface area contributed by atoms with Crippen molar-refractivity contribution >= 4 is 0 Å². The third-order valence-corrected chi connectivity index (χ3v) is 0. The first-order valence-corrected chi connectivity index (χ1v) is 1.02. The van der Waals surface area contributed by atoms with Crippen molar-refractivity contribution in [1.29, 1.82) is 0 Å². The minimum absolute atomic E-state index is 0.